The van der Waals surface area contributed by atoms with Crippen molar-refractivity contribution in [3.63, 3.8) is 0 Å². The van der Waals surface area contributed by atoms with Gasteiger partial charge in [-0.25, -0.2) is 4.98 Å². The molecule has 1 aromatic heterocycles. The van der Waals surface area contributed by atoms with Crippen LogP contribution in [0.5, 0.6) is 0 Å². The Balaban J connectivity index is 2.06. The first-order valence-electron chi connectivity index (χ1n) is 5.98. The molecule has 4 nitrogen and oxygen atoms in total. The lowest BCUT2D eigenvalue weighted by molar-refractivity contribution is -0.163. The fraction of sp³-hybridized carbons (Fsp3) is 0.357. The minimum Gasteiger partial charge on any atom is -0.387 e. The zero-order valence-corrected chi connectivity index (χ0v) is 11.8. The molecule has 0 bridgehead atoms. The van der Waals surface area contributed by atoms with Crippen LogP contribution in [0.4, 0.5) is 0 Å². The van der Waals surface area contributed by atoms with Crippen LogP contribution in [0.1, 0.15) is 5.01 Å². The van der Waals surface area contributed by atoms with Crippen LogP contribution in [-0.4, -0.2) is 36.7 Å². The van der Waals surface area contributed by atoms with Crippen LogP contribution in [0, 0.1) is 0 Å². The van der Waals surface area contributed by atoms with Gasteiger partial charge in [-0.1, -0.05) is 30.3 Å². The van der Waals surface area contributed by atoms with Gasteiger partial charge < -0.3 is 14.6 Å². The van der Waals surface area contributed by atoms with Crippen LogP contribution in [-0.2, 0) is 15.9 Å². The maximum absolute atomic E-state index is 9.96. The van der Waals surface area contributed by atoms with Gasteiger partial charge in [0.25, 0.3) is 0 Å². The van der Waals surface area contributed by atoms with E-state index in [9.17, 15) is 5.11 Å². The van der Waals surface area contributed by atoms with Gasteiger partial charge in [-0.05, 0) is 0 Å². The van der Waals surface area contributed by atoms with Crippen molar-refractivity contribution in [1.82, 2.24) is 4.98 Å². The molecule has 1 heterocycles. The van der Waals surface area contributed by atoms with Crippen LogP contribution in [0.2, 0.25) is 0 Å². The monoisotopic (exact) mass is 279 g/mol. The molecule has 0 saturated heterocycles. The normalized spacial score (nSPS) is 12.8. The second-order valence-electron chi connectivity index (χ2n) is 4.10. The number of aliphatic hydroxyl groups excluding tert-OH is 1. The lowest BCUT2D eigenvalue weighted by Gasteiger charge is -2.18. The number of thiazole rings is 1. The highest BCUT2D eigenvalue weighted by Gasteiger charge is 2.20. The number of rotatable bonds is 6. The summed E-state index contributed by atoms with van der Waals surface area (Å²) >= 11 is 1.53. The minimum atomic E-state index is -0.718. The van der Waals surface area contributed by atoms with Gasteiger partial charge >= 0.3 is 0 Å². The summed E-state index contributed by atoms with van der Waals surface area (Å²) in [4.78, 5) is 4.52. The fourth-order valence-corrected chi connectivity index (χ4v) is 2.69. The Morgan fingerprint density at radius 3 is 2.53 bits per heavy atom. The van der Waals surface area contributed by atoms with E-state index < -0.39 is 12.4 Å². The van der Waals surface area contributed by atoms with Gasteiger partial charge in [0.2, 0.25) is 0 Å². The number of aromatic nitrogens is 1. The number of nitrogens with zero attached hydrogens (tertiary/aromatic N) is 1. The lowest BCUT2D eigenvalue weighted by Crippen LogP contribution is -2.31. The lowest BCUT2D eigenvalue weighted by atomic mass is 10.2. The van der Waals surface area contributed by atoms with E-state index >= 15 is 0 Å². The maximum atomic E-state index is 9.96. The van der Waals surface area contributed by atoms with Crippen molar-refractivity contribution in [2.24, 2.45) is 0 Å². The molecule has 0 spiro atoms. The van der Waals surface area contributed by atoms with E-state index in [1.54, 1.807) is 0 Å². The number of hydrogen-bond acceptors (Lipinski definition) is 5. The van der Waals surface area contributed by atoms with Gasteiger partial charge in [0, 0.05) is 31.6 Å². The van der Waals surface area contributed by atoms with Crippen molar-refractivity contribution in [2.75, 3.05) is 14.2 Å². The summed E-state index contributed by atoms with van der Waals surface area (Å²) in [7, 11) is 3.02. The Morgan fingerprint density at radius 2 is 1.89 bits per heavy atom. The molecule has 0 saturated carbocycles. The van der Waals surface area contributed by atoms with Crippen molar-refractivity contribution in [2.45, 2.75) is 18.8 Å². The van der Waals surface area contributed by atoms with Crippen LogP contribution < -0.4 is 0 Å². The standard InChI is InChI=1S/C14H17NO3S/c1-17-14(18-2)12(16)8-13-15-11(9-19-13)10-6-4-3-5-7-10/h3-7,9,12,14,16H,8H2,1-2H3. The van der Waals surface area contributed by atoms with Gasteiger partial charge in [0.05, 0.1) is 10.7 Å². The Kier molecular flexibility index (Phi) is 5.04. The summed E-state index contributed by atoms with van der Waals surface area (Å²) in [5, 5.41) is 12.8. The zero-order chi connectivity index (χ0) is 13.7. The van der Waals surface area contributed by atoms with E-state index in [1.807, 2.05) is 35.7 Å². The predicted molar refractivity (Wildman–Crippen MR) is 75.1 cm³/mol. The quantitative estimate of drug-likeness (QED) is 0.825. The maximum Gasteiger partial charge on any atom is 0.183 e. The van der Waals surface area contributed by atoms with E-state index in [2.05, 4.69) is 4.98 Å². The van der Waals surface area contributed by atoms with E-state index in [0.717, 1.165) is 16.3 Å². The molecule has 1 aromatic carbocycles. The molecular weight excluding hydrogens is 262 g/mol. The largest absolute Gasteiger partial charge is 0.387 e. The SMILES string of the molecule is COC(OC)C(O)Cc1nc(-c2ccccc2)cs1. The van der Waals surface area contributed by atoms with Gasteiger partial charge in [-0.15, -0.1) is 11.3 Å². The third-order valence-corrected chi connectivity index (χ3v) is 3.65. The molecule has 0 amide bonds. The number of benzene rings is 1. The Labute approximate surface area is 116 Å². The third kappa shape index (κ3) is 3.61. The summed E-state index contributed by atoms with van der Waals surface area (Å²) in [6.45, 7) is 0. The average molecular weight is 279 g/mol. The Hall–Kier alpha value is -1.27. The first-order chi connectivity index (χ1) is 9.24. The van der Waals surface area contributed by atoms with E-state index in [1.165, 1.54) is 25.6 Å². The van der Waals surface area contributed by atoms with Crippen molar-refractivity contribution >= 4 is 11.3 Å². The van der Waals surface area contributed by atoms with Crippen LogP contribution in [0.15, 0.2) is 35.7 Å². The summed E-state index contributed by atoms with van der Waals surface area (Å²) in [5.41, 5.74) is 2.01. The molecule has 2 rings (SSSR count). The molecule has 0 radical (unpaired) electrons. The second kappa shape index (κ2) is 6.77. The summed E-state index contributed by atoms with van der Waals surface area (Å²) in [5.74, 6) is 0. The average Bonchev–Trinajstić information content (AvgIpc) is 2.89. The number of hydrogen-bond donors (Lipinski definition) is 1. The van der Waals surface area contributed by atoms with Crippen molar-refractivity contribution in [3.05, 3.63) is 40.7 Å². The highest BCUT2D eigenvalue weighted by molar-refractivity contribution is 7.09. The molecule has 1 atom stereocenters. The molecule has 1 unspecified atom stereocenters. The number of ether oxygens (including phenoxy) is 2. The van der Waals surface area contributed by atoms with Crippen LogP contribution in [0.25, 0.3) is 11.3 Å². The number of methoxy groups -OCH3 is 2. The molecule has 5 heteroatoms. The van der Waals surface area contributed by atoms with Crippen molar-refractivity contribution < 1.29 is 14.6 Å². The summed E-state index contributed by atoms with van der Waals surface area (Å²) in [6, 6.07) is 9.97. The minimum absolute atomic E-state index is 0.420. The molecule has 102 valence electrons. The summed E-state index contributed by atoms with van der Waals surface area (Å²) in [6.07, 6.45) is -0.919. The smallest absolute Gasteiger partial charge is 0.183 e. The van der Waals surface area contributed by atoms with Crippen LogP contribution >= 0.6 is 11.3 Å². The summed E-state index contributed by atoms with van der Waals surface area (Å²) < 4.78 is 10.1. The van der Waals surface area contributed by atoms with Gasteiger partial charge in [0.15, 0.2) is 6.29 Å². The van der Waals surface area contributed by atoms with Crippen molar-refractivity contribution in [1.29, 1.82) is 0 Å². The molecule has 19 heavy (non-hydrogen) atoms. The molecule has 1 N–H and O–H groups in total. The fourth-order valence-electron chi connectivity index (χ4n) is 1.83. The van der Waals surface area contributed by atoms with Gasteiger partial charge in [-0.2, -0.15) is 0 Å². The third-order valence-electron chi connectivity index (χ3n) is 2.78. The van der Waals surface area contributed by atoms with Gasteiger partial charge in [-0.3, -0.25) is 0 Å². The van der Waals surface area contributed by atoms with Crippen LogP contribution in [0.3, 0.4) is 0 Å². The Bertz CT molecular complexity index is 496. The molecule has 0 fully saturated rings. The predicted octanol–water partition coefficient (Wildman–Crippen LogP) is 2.33. The second-order valence-corrected chi connectivity index (χ2v) is 5.05. The van der Waals surface area contributed by atoms with E-state index in [4.69, 9.17) is 9.47 Å². The van der Waals surface area contributed by atoms with E-state index in [-0.39, 0.29) is 0 Å². The van der Waals surface area contributed by atoms with Crippen molar-refractivity contribution in [3.8, 4) is 11.3 Å². The molecular formula is C14H17NO3S. The van der Waals surface area contributed by atoms with E-state index in [0.29, 0.717) is 6.42 Å². The topological polar surface area (TPSA) is 51.6 Å². The molecule has 0 aliphatic rings. The molecule has 2 aromatic rings. The highest BCUT2D eigenvalue weighted by atomic mass is 32.1. The number of aliphatic hydroxyl groups is 1. The first kappa shape index (κ1) is 14.1. The first-order valence-corrected chi connectivity index (χ1v) is 6.86. The van der Waals surface area contributed by atoms with Gasteiger partial charge in [0.1, 0.15) is 6.10 Å². The highest BCUT2D eigenvalue weighted by Crippen LogP contribution is 2.22. The Morgan fingerprint density at radius 1 is 1.21 bits per heavy atom. The zero-order valence-electron chi connectivity index (χ0n) is 10.9. The molecule has 0 aliphatic carbocycles. The molecule has 0 aliphatic heterocycles.